The molecule has 0 heterocycles. The van der Waals surface area contributed by atoms with E-state index in [9.17, 15) is 14.4 Å². The first kappa shape index (κ1) is 37.2. The zero-order valence-electron chi connectivity index (χ0n) is 28.6. The van der Waals surface area contributed by atoms with Crippen LogP contribution < -0.4 is 5.32 Å². The molecule has 0 radical (unpaired) electrons. The smallest absolute Gasteiger partial charge is 0.410 e. The molecule has 8 heteroatoms. The van der Waals surface area contributed by atoms with Gasteiger partial charge in [-0.15, -0.1) is 0 Å². The molecular weight excluding hydrogens is 530 g/mol. The Morgan fingerprint density at radius 2 is 1.48 bits per heavy atom. The summed E-state index contributed by atoms with van der Waals surface area (Å²) in [6.07, 6.45) is 1.39. The zero-order chi connectivity index (χ0) is 32.6. The Kier molecular flexibility index (Phi) is 13.3. The van der Waals surface area contributed by atoms with E-state index in [1.165, 1.54) is 0 Å². The first-order chi connectivity index (χ1) is 19.1. The van der Waals surface area contributed by atoms with Gasteiger partial charge in [0.25, 0.3) is 0 Å². The molecule has 3 atom stereocenters. The van der Waals surface area contributed by atoms with Gasteiger partial charge < -0.3 is 24.6 Å². The molecular formula is C34H57N3O5. The van der Waals surface area contributed by atoms with Gasteiger partial charge >= 0.3 is 12.1 Å². The second kappa shape index (κ2) is 15.0. The van der Waals surface area contributed by atoms with Crippen molar-refractivity contribution in [3.63, 3.8) is 0 Å². The highest BCUT2D eigenvalue weighted by molar-refractivity contribution is 5.88. The van der Waals surface area contributed by atoms with Crippen LogP contribution in [-0.2, 0) is 24.5 Å². The van der Waals surface area contributed by atoms with Crippen LogP contribution in [0.5, 0.6) is 0 Å². The maximum atomic E-state index is 14.1. The average molecular weight is 588 g/mol. The maximum absolute atomic E-state index is 14.1. The number of likely N-dealkylation sites (N-methyl/N-ethyl adjacent to an activating group) is 2. The molecule has 42 heavy (non-hydrogen) atoms. The Morgan fingerprint density at radius 3 is 1.93 bits per heavy atom. The lowest BCUT2D eigenvalue weighted by molar-refractivity contribution is -0.139. The molecule has 0 saturated heterocycles. The maximum Gasteiger partial charge on any atom is 0.410 e. The van der Waals surface area contributed by atoms with Crippen molar-refractivity contribution in [3.8, 4) is 0 Å². The number of carbonyl (C=O) groups excluding carboxylic acids is 3. The van der Waals surface area contributed by atoms with Crippen molar-refractivity contribution in [2.24, 2.45) is 11.3 Å². The quantitative estimate of drug-likeness (QED) is 0.232. The van der Waals surface area contributed by atoms with E-state index in [2.05, 4.69) is 31.3 Å². The molecule has 8 nitrogen and oxygen atoms in total. The van der Waals surface area contributed by atoms with Crippen LogP contribution in [0.1, 0.15) is 88.6 Å². The molecule has 0 unspecified atom stereocenters. The molecule has 0 bridgehead atoms. The third kappa shape index (κ3) is 10.4. The Labute approximate surface area is 255 Å². The molecule has 0 aliphatic rings. The third-order valence-corrected chi connectivity index (χ3v) is 7.62. The van der Waals surface area contributed by atoms with E-state index in [1.807, 2.05) is 79.7 Å². The summed E-state index contributed by atoms with van der Waals surface area (Å²) in [6.45, 7) is 24.0. The highest BCUT2D eigenvalue weighted by Gasteiger charge is 2.41. The van der Waals surface area contributed by atoms with Crippen molar-refractivity contribution < 1.29 is 23.9 Å². The molecule has 0 fully saturated rings. The molecule has 1 N–H and O–H groups in total. The van der Waals surface area contributed by atoms with E-state index in [4.69, 9.17) is 9.47 Å². The fourth-order valence-corrected chi connectivity index (χ4v) is 5.06. The fraction of sp³-hybridized carbons (Fsp3) is 0.676. The lowest BCUT2D eigenvalue weighted by Crippen LogP contribution is -2.60. The van der Waals surface area contributed by atoms with E-state index in [1.54, 1.807) is 37.7 Å². The third-order valence-electron chi connectivity index (χ3n) is 7.62. The summed E-state index contributed by atoms with van der Waals surface area (Å²) >= 11 is 0. The van der Waals surface area contributed by atoms with Crippen LogP contribution in [-0.4, -0.2) is 78.7 Å². The van der Waals surface area contributed by atoms with Gasteiger partial charge in [0.15, 0.2) is 0 Å². The van der Waals surface area contributed by atoms with Crippen LogP contribution in [0.25, 0.3) is 0 Å². The van der Waals surface area contributed by atoms with Crippen molar-refractivity contribution in [1.82, 2.24) is 15.1 Å². The predicted octanol–water partition coefficient (Wildman–Crippen LogP) is 6.20. The normalized spacial score (nSPS) is 15.1. The second-order valence-electron chi connectivity index (χ2n) is 14.2. The summed E-state index contributed by atoms with van der Waals surface area (Å²) in [5.74, 6) is -0.414. The number of nitrogens with zero attached hydrogens (tertiary/aromatic N) is 2. The molecule has 2 amide bonds. The molecule has 1 aromatic rings. The number of benzene rings is 1. The summed E-state index contributed by atoms with van der Waals surface area (Å²) < 4.78 is 10.9. The minimum atomic E-state index is -0.645. The van der Waals surface area contributed by atoms with Gasteiger partial charge in [0.1, 0.15) is 5.60 Å². The number of nitrogens with one attached hydrogen (secondary N) is 1. The molecule has 1 rings (SSSR count). The molecule has 1 aromatic carbocycles. The van der Waals surface area contributed by atoms with Gasteiger partial charge in [-0.1, -0.05) is 84.9 Å². The first-order valence-electron chi connectivity index (χ1n) is 15.0. The van der Waals surface area contributed by atoms with Gasteiger partial charge in [-0.3, -0.25) is 4.79 Å². The Morgan fingerprint density at radius 1 is 0.929 bits per heavy atom. The Bertz CT molecular complexity index is 1070. The monoisotopic (exact) mass is 587 g/mol. The minimum Gasteiger partial charge on any atom is -0.463 e. The van der Waals surface area contributed by atoms with Gasteiger partial charge in [-0.05, 0) is 51.5 Å². The largest absolute Gasteiger partial charge is 0.463 e. The van der Waals surface area contributed by atoms with Gasteiger partial charge in [0.05, 0.1) is 24.7 Å². The van der Waals surface area contributed by atoms with Crippen molar-refractivity contribution in [3.05, 3.63) is 47.5 Å². The number of carbonyl (C=O) groups is 3. The molecule has 0 aliphatic heterocycles. The summed E-state index contributed by atoms with van der Waals surface area (Å²) in [7, 11) is 3.53. The highest BCUT2D eigenvalue weighted by atomic mass is 16.6. The number of rotatable bonds is 12. The van der Waals surface area contributed by atoms with E-state index in [-0.39, 0.29) is 29.9 Å². The number of hydrogen-bond donors (Lipinski definition) is 1. The summed E-state index contributed by atoms with van der Waals surface area (Å²) in [5.41, 5.74) is -0.0225. The first-order valence-corrected chi connectivity index (χ1v) is 15.0. The minimum absolute atomic E-state index is 0.0620. The molecule has 0 aromatic heterocycles. The number of esters is 1. The Hall–Kier alpha value is -2.87. The van der Waals surface area contributed by atoms with Gasteiger partial charge in [-0.2, -0.15) is 0 Å². The van der Waals surface area contributed by atoms with Crippen molar-refractivity contribution in [2.75, 3.05) is 27.2 Å². The number of ether oxygens (including phenoxy) is 2. The topological polar surface area (TPSA) is 88.2 Å². The molecule has 0 spiro atoms. The van der Waals surface area contributed by atoms with Crippen LogP contribution >= 0.6 is 0 Å². The number of hydrogen-bond acceptors (Lipinski definition) is 6. The van der Waals surface area contributed by atoms with Crippen LogP contribution in [0.15, 0.2) is 42.0 Å². The van der Waals surface area contributed by atoms with Crippen molar-refractivity contribution >= 4 is 18.0 Å². The van der Waals surface area contributed by atoms with Crippen LogP contribution in [0.4, 0.5) is 4.79 Å². The summed E-state index contributed by atoms with van der Waals surface area (Å²) in [5, 5.41) is 3.55. The van der Waals surface area contributed by atoms with Crippen molar-refractivity contribution in [1.29, 1.82) is 0 Å². The SMILES string of the molecule is CCOC(=O)/C(C)=C/[C@H](C(C)C)N(C)C(=O)[C@@H](NC[C@H](N(C)C(=O)OC(C)(C)C)C(C)(C)c1ccccc1)C(C)(C)C. The van der Waals surface area contributed by atoms with Crippen molar-refractivity contribution in [2.45, 2.75) is 112 Å². The van der Waals surface area contributed by atoms with E-state index < -0.39 is 28.6 Å². The van der Waals surface area contributed by atoms with Crippen LogP contribution in [0, 0.1) is 11.3 Å². The summed E-state index contributed by atoms with van der Waals surface area (Å²) in [6, 6.07) is 8.84. The van der Waals surface area contributed by atoms with Crippen LogP contribution in [0.3, 0.4) is 0 Å². The number of amides is 2. The van der Waals surface area contributed by atoms with Gasteiger partial charge in [-0.25, -0.2) is 9.59 Å². The average Bonchev–Trinajstić information content (AvgIpc) is 2.87. The lowest BCUT2D eigenvalue weighted by Gasteiger charge is -2.43. The fourth-order valence-electron chi connectivity index (χ4n) is 5.06. The van der Waals surface area contributed by atoms with E-state index in [0.29, 0.717) is 18.7 Å². The standard InChI is InChI=1S/C34H57N3O5/c1-15-41-30(39)24(4)21-26(23(2)3)36(13)29(38)28(32(5,6)7)35-22-27(37(14)31(40)42-33(8,9)10)34(11,12)25-19-17-16-18-20-25/h16-21,23,26-28,35H,15,22H2,1-14H3/b24-21+/t26-,27+,28-/m1/s1. The zero-order valence-corrected chi connectivity index (χ0v) is 28.6. The summed E-state index contributed by atoms with van der Waals surface area (Å²) in [4.78, 5) is 43.1. The Balaban J connectivity index is 3.45. The molecule has 238 valence electrons. The predicted molar refractivity (Wildman–Crippen MR) is 170 cm³/mol. The second-order valence-corrected chi connectivity index (χ2v) is 14.2. The van der Waals surface area contributed by atoms with E-state index >= 15 is 0 Å². The van der Waals surface area contributed by atoms with Gasteiger partial charge in [0.2, 0.25) is 5.91 Å². The molecule has 0 saturated carbocycles. The molecule has 0 aliphatic carbocycles. The lowest BCUT2D eigenvalue weighted by atomic mass is 9.76. The highest BCUT2D eigenvalue weighted by Crippen LogP contribution is 2.32. The van der Waals surface area contributed by atoms with Gasteiger partial charge in [0, 0.05) is 31.6 Å². The van der Waals surface area contributed by atoms with E-state index in [0.717, 1.165) is 5.56 Å². The van der Waals surface area contributed by atoms with Crippen LogP contribution in [0.2, 0.25) is 0 Å².